The summed E-state index contributed by atoms with van der Waals surface area (Å²) in [5.41, 5.74) is 0.465. The van der Waals surface area contributed by atoms with Gasteiger partial charge >= 0.3 is 0 Å². The zero-order valence-electron chi connectivity index (χ0n) is 12.3. The van der Waals surface area contributed by atoms with E-state index < -0.39 is 5.54 Å². The minimum absolute atomic E-state index is 0.168. The van der Waals surface area contributed by atoms with Crippen molar-refractivity contribution in [2.45, 2.75) is 17.9 Å². The number of Topliss-reactive ketones (excluding diaryl/α,β-unsaturated/α-hetero) is 1. The molecule has 1 N–H and O–H groups in total. The van der Waals surface area contributed by atoms with E-state index in [9.17, 15) is 4.79 Å². The largest absolute Gasteiger partial charge is 0.497 e. The van der Waals surface area contributed by atoms with Crippen LogP contribution >= 0.6 is 0 Å². The second kappa shape index (κ2) is 6.13. The Balaban J connectivity index is 1.74. The second-order valence-corrected chi connectivity index (χ2v) is 5.67. The van der Waals surface area contributed by atoms with E-state index in [1.807, 2.05) is 24.3 Å². The molecule has 21 heavy (non-hydrogen) atoms. The standard InChI is InChI=1S/C16H21NO4/c1-19-14-4-2-3-12(7-14)13-8-15(18)16(17-9-13)10-20-5-6-21-11-16/h2-4,7,13,17H,5-6,8-11H2,1H3. The molecule has 2 fully saturated rings. The zero-order valence-corrected chi connectivity index (χ0v) is 12.3. The molecule has 1 aromatic rings. The van der Waals surface area contributed by atoms with Gasteiger partial charge in [-0.15, -0.1) is 0 Å². The van der Waals surface area contributed by atoms with Gasteiger partial charge in [0.05, 0.1) is 33.5 Å². The Morgan fingerprint density at radius 3 is 2.71 bits per heavy atom. The Hall–Kier alpha value is -1.43. The smallest absolute Gasteiger partial charge is 0.158 e. The average molecular weight is 291 g/mol. The zero-order chi connectivity index (χ0) is 14.7. The number of benzene rings is 1. The number of hydrogen-bond acceptors (Lipinski definition) is 5. The van der Waals surface area contributed by atoms with E-state index in [0.29, 0.717) is 32.8 Å². The summed E-state index contributed by atoms with van der Waals surface area (Å²) in [5, 5.41) is 3.37. The Morgan fingerprint density at radius 2 is 2.05 bits per heavy atom. The van der Waals surface area contributed by atoms with Gasteiger partial charge in [0.2, 0.25) is 0 Å². The lowest BCUT2D eigenvalue weighted by Gasteiger charge is -2.38. The van der Waals surface area contributed by atoms with Crippen LogP contribution in [0.2, 0.25) is 0 Å². The molecule has 0 radical (unpaired) electrons. The molecule has 0 aromatic heterocycles. The van der Waals surface area contributed by atoms with E-state index in [-0.39, 0.29) is 11.7 Å². The van der Waals surface area contributed by atoms with Gasteiger partial charge in [-0.2, -0.15) is 0 Å². The molecule has 0 bridgehead atoms. The molecule has 0 aliphatic carbocycles. The van der Waals surface area contributed by atoms with Crippen LogP contribution in [0.4, 0.5) is 0 Å². The van der Waals surface area contributed by atoms with Crippen molar-refractivity contribution in [2.75, 3.05) is 40.1 Å². The number of ether oxygens (including phenoxy) is 3. The molecule has 3 rings (SSSR count). The number of carbonyl (C=O) groups excluding carboxylic acids is 1. The predicted molar refractivity (Wildman–Crippen MR) is 77.7 cm³/mol. The molecule has 0 saturated carbocycles. The van der Waals surface area contributed by atoms with Crippen molar-refractivity contribution >= 4 is 5.78 Å². The number of ketones is 1. The quantitative estimate of drug-likeness (QED) is 0.885. The third-order valence-corrected chi connectivity index (χ3v) is 4.29. The van der Waals surface area contributed by atoms with Gasteiger partial charge in [-0.05, 0) is 17.7 Å². The van der Waals surface area contributed by atoms with E-state index in [4.69, 9.17) is 14.2 Å². The molecule has 1 atom stereocenters. The first-order chi connectivity index (χ1) is 10.2. The molecule has 1 aromatic carbocycles. The van der Waals surface area contributed by atoms with Crippen LogP contribution in [0, 0.1) is 0 Å². The number of rotatable bonds is 2. The van der Waals surface area contributed by atoms with Crippen LogP contribution in [0.25, 0.3) is 0 Å². The highest BCUT2D eigenvalue weighted by Gasteiger charge is 2.44. The van der Waals surface area contributed by atoms with E-state index in [0.717, 1.165) is 17.9 Å². The van der Waals surface area contributed by atoms with Gasteiger partial charge in [0.1, 0.15) is 11.3 Å². The van der Waals surface area contributed by atoms with Gasteiger partial charge in [0, 0.05) is 18.9 Å². The Labute approximate surface area is 124 Å². The highest BCUT2D eigenvalue weighted by molar-refractivity contribution is 5.90. The monoisotopic (exact) mass is 291 g/mol. The highest BCUT2D eigenvalue weighted by atomic mass is 16.5. The van der Waals surface area contributed by atoms with E-state index in [2.05, 4.69) is 5.32 Å². The first kappa shape index (κ1) is 14.5. The molecular weight excluding hydrogens is 270 g/mol. The molecule has 114 valence electrons. The summed E-state index contributed by atoms with van der Waals surface area (Å²) < 4.78 is 16.3. The number of piperidine rings is 1. The summed E-state index contributed by atoms with van der Waals surface area (Å²) in [5.74, 6) is 1.16. The summed E-state index contributed by atoms with van der Waals surface area (Å²) >= 11 is 0. The van der Waals surface area contributed by atoms with Gasteiger partial charge in [0.15, 0.2) is 5.78 Å². The molecule has 2 aliphatic rings. The molecule has 2 heterocycles. The molecule has 5 heteroatoms. The maximum absolute atomic E-state index is 12.6. The van der Waals surface area contributed by atoms with Crippen LogP contribution in [0.1, 0.15) is 17.9 Å². The van der Waals surface area contributed by atoms with Crippen molar-refractivity contribution < 1.29 is 19.0 Å². The van der Waals surface area contributed by atoms with E-state index in [1.54, 1.807) is 7.11 Å². The Kier molecular flexibility index (Phi) is 4.24. The van der Waals surface area contributed by atoms with Crippen molar-refractivity contribution in [1.29, 1.82) is 0 Å². The minimum Gasteiger partial charge on any atom is -0.497 e. The number of nitrogens with one attached hydrogen (secondary N) is 1. The van der Waals surface area contributed by atoms with Crippen LogP contribution in [0.3, 0.4) is 0 Å². The summed E-state index contributed by atoms with van der Waals surface area (Å²) in [6, 6.07) is 7.91. The van der Waals surface area contributed by atoms with E-state index in [1.165, 1.54) is 0 Å². The first-order valence-electron chi connectivity index (χ1n) is 7.31. The average Bonchev–Trinajstić information content (AvgIpc) is 2.77. The number of hydrogen-bond donors (Lipinski definition) is 1. The fourth-order valence-corrected chi connectivity index (χ4v) is 2.96. The number of methoxy groups -OCH3 is 1. The number of carbonyl (C=O) groups is 1. The maximum atomic E-state index is 12.6. The van der Waals surface area contributed by atoms with Crippen LogP contribution in [0.15, 0.2) is 24.3 Å². The van der Waals surface area contributed by atoms with Gasteiger partial charge < -0.3 is 19.5 Å². The maximum Gasteiger partial charge on any atom is 0.158 e. The van der Waals surface area contributed by atoms with Crippen LogP contribution < -0.4 is 10.1 Å². The molecule has 5 nitrogen and oxygen atoms in total. The van der Waals surface area contributed by atoms with Gasteiger partial charge in [-0.25, -0.2) is 0 Å². The van der Waals surface area contributed by atoms with Crippen molar-refractivity contribution in [3.63, 3.8) is 0 Å². The van der Waals surface area contributed by atoms with Gasteiger partial charge in [0.25, 0.3) is 0 Å². The van der Waals surface area contributed by atoms with Crippen molar-refractivity contribution in [1.82, 2.24) is 5.32 Å². The van der Waals surface area contributed by atoms with Crippen LogP contribution in [-0.2, 0) is 14.3 Å². The lowest BCUT2D eigenvalue weighted by atomic mass is 9.81. The predicted octanol–water partition coefficient (Wildman–Crippen LogP) is 1.13. The molecular formula is C16H21NO4. The fourth-order valence-electron chi connectivity index (χ4n) is 2.96. The highest BCUT2D eigenvalue weighted by Crippen LogP contribution is 2.30. The van der Waals surface area contributed by atoms with Gasteiger partial charge in [-0.1, -0.05) is 12.1 Å². The molecule has 0 amide bonds. The Morgan fingerprint density at radius 1 is 1.29 bits per heavy atom. The van der Waals surface area contributed by atoms with Crippen molar-refractivity contribution in [2.24, 2.45) is 0 Å². The van der Waals surface area contributed by atoms with Crippen molar-refractivity contribution in [3.05, 3.63) is 29.8 Å². The molecule has 2 saturated heterocycles. The molecule has 1 spiro atoms. The summed E-state index contributed by atoms with van der Waals surface area (Å²) in [6.45, 7) is 2.64. The lowest BCUT2D eigenvalue weighted by molar-refractivity contribution is -0.131. The fraction of sp³-hybridized carbons (Fsp3) is 0.562. The summed E-state index contributed by atoms with van der Waals surface area (Å²) in [7, 11) is 1.65. The molecule has 1 unspecified atom stereocenters. The lowest BCUT2D eigenvalue weighted by Crippen LogP contribution is -2.62. The topological polar surface area (TPSA) is 56.8 Å². The van der Waals surface area contributed by atoms with Crippen LogP contribution in [-0.4, -0.2) is 51.4 Å². The second-order valence-electron chi connectivity index (χ2n) is 5.67. The van der Waals surface area contributed by atoms with Crippen molar-refractivity contribution in [3.8, 4) is 5.75 Å². The van der Waals surface area contributed by atoms with Gasteiger partial charge in [-0.3, -0.25) is 4.79 Å². The third-order valence-electron chi connectivity index (χ3n) is 4.29. The summed E-state index contributed by atoms with van der Waals surface area (Å²) in [4.78, 5) is 12.6. The first-order valence-corrected chi connectivity index (χ1v) is 7.31. The Bertz CT molecular complexity index is 509. The SMILES string of the molecule is COc1cccc(C2CNC3(COCCOC3)C(=O)C2)c1. The van der Waals surface area contributed by atoms with Crippen LogP contribution in [0.5, 0.6) is 5.75 Å². The van der Waals surface area contributed by atoms with E-state index >= 15 is 0 Å². The normalized spacial score (nSPS) is 25.6. The third kappa shape index (κ3) is 2.95. The minimum atomic E-state index is -0.661. The summed E-state index contributed by atoms with van der Waals surface area (Å²) in [6.07, 6.45) is 0.507. The molecule has 2 aliphatic heterocycles.